The van der Waals surface area contributed by atoms with Crippen LogP contribution in [0.1, 0.15) is 10.4 Å². The molecule has 0 radical (unpaired) electrons. The van der Waals surface area contributed by atoms with Crippen molar-refractivity contribution < 1.29 is 14.3 Å². The number of anilines is 2. The molecular weight excluding hydrogens is 461 g/mol. The Morgan fingerprint density at radius 1 is 0.879 bits per heavy atom. The SMILES string of the molecule is O=C(COc1ccc(Cl)cc1)Nc1ccc(N2CCN(C(=O)c3ccccc3)CC2)c(Cl)c1. The zero-order chi connectivity index (χ0) is 23.2. The minimum Gasteiger partial charge on any atom is -0.484 e. The van der Waals surface area contributed by atoms with Crippen molar-refractivity contribution in [3.63, 3.8) is 0 Å². The summed E-state index contributed by atoms with van der Waals surface area (Å²) in [6, 6.07) is 21.5. The van der Waals surface area contributed by atoms with E-state index in [9.17, 15) is 9.59 Å². The summed E-state index contributed by atoms with van der Waals surface area (Å²) >= 11 is 12.4. The van der Waals surface area contributed by atoms with E-state index >= 15 is 0 Å². The number of ether oxygens (including phenoxy) is 1. The molecule has 1 aliphatic heterocycles. The van der Waals surface area contributed by atoms with Gasteiger partial charge in [-0.1, -0.05) is 41.4 Å². The Labute approximate surface area is 202 Å². The summed E-state index contributed by atoms with van der Waals surface area (Å²) in [5, 5.41) is 3.93. The van der Waals surface area contributed by atoms with E-state index < -0.39 is 0 Å². The number of nitrogens with one attached hydrogen (secondary N) is 1. The molecule has 1 fully saturated rings. The van der Waals surface area contributed by atoms with Gasteiger partial charge in [0.25, 0.3) is 11.8 Å². The van der Waals surface area contributed by atoms with Crippen LogP contribution in [0.2, 0.25) is 10.0 Å². The summed E-state index contributed by atoms with van der Waals surface area (Å²) in [6.45, 7) is 2.46. The number of carbonyl (C=O) groups excluding carboxylic acids is 2. The minimum atomic E-state index is -0.290. The molecule has 0 bridgehead atoms. The van der Waals surface area contributed by atoms with Gasteiger partial charge in [-0.15, -0.1) is 0 Å². The van der Waals surface area contributed by atoms with E-state index in [1.165, 1.54) is 0 Å². The van der Waals surface area contributed by atoms with Crippen molar-refractivity contribution in [3.05, 3.63) is 88.4 Å². The fraction of sp³-hybridized carbons (Fsp3) is 0.200. The molecule has 0 saturated carbocycles. The van der Waals surface area contributed by atoms with E-state index in [2.05, 4.69) is 10.2 Å². The fourth-order valence-electron chi connectivity index (χ4n) is 3.63. The third kappa shape index (κ3) is 5.97. The predicted octanol–water partition coefficient (Wildman–Crippen LogP) is 4.97. The van der Waals surface area contributed by atoms with Gasteiger partial charge < -0.3 is 19.9 Å². The van der Waals surface area contributed by atoms with Gasteiger partial charge in [-0.05, 0) is 54.6 Å². The number of nitrogens with zero attached hydrogens (tertiary/aromatic N) is 2. The van der Waals surface area contributed by atoms with E-state index in [-0.39, 0.29) is 18.4 Å². The van der Waals surface area contributed by atoms with Crippen molar-refractivity contribution in [2.45, 2.75) is 0 Å². The molecule has 0 aromatic heterocycles. The van der Waals surface area contributed by atoms with Crippen LogP contribution < -0.4 is 15.0 Å². The average molecular weight is 484 g/mol. The van der Waals surface area contributed by atoms with Crippen LogP contribution in [0.25, 0.3) is 0 Å². The number of piperazine rings is 1. The number of halogens is 2. The molecule has 1 aliphatic rings. The first-order valence-electron chi connectivity index (χ1n) is 10.6. The van der Waals surface area contributed by atoms with Crippen molar-refractivity contribution in [3.8, 4) is 5.75 Å². The molecule has 0 atom stereocenters. The molecular formula is C25H23Cl2N3O3. The Kier molecular flexibility index (Phi) is 7.37. The monoisotopic (exact) mass is 483 g/mol. The standard InChI is InChI=1S/C25H23Cl2N3O3/c26-19-6-9-21(10-7-19)33-17-24(31)28-20-8-11-23(22(27)16-20)29-12-14-30(15-13-29)25(32)18-4-2-1-3-5-18/h1-11,16H,12-15,17H2,(H,28,31). The summed E-state index contributed by atoms with van der Waals surface area (Å²) in [5.74, 6) is 0.315. The summed E-state index contributed by atoms with van der Waals surface area (Å²) in [6.07, 6.45) is 0. The first-order valence-corrected chi connectivity index (χ1v) is 11.3. The highest BCUT2D eigenvalue weighted by Crippen LogP contribution is 2.30. The molecule has 3 aromatic rings. The second-order valence-electron chi connectivity index (χ2n) is 7.60. The van der Waals surface area contributed by atoms with Gasteiger partial charge in [-0.3, -0.25) is 9.59 Å². The van der Waals surface area contributed by atoms with Crippen LogP contribution in [-0.4, -0.2) is 49.5 Å². The third-order valence-corrected chi connectivity index (χ3v) is 5.90. The predicted molar refractivity (Wildman–Crippen MR) is 132 cm³/mol. The van der Waals surface area contributed by atoms with Crippen molar-refractivity contribution in [1.29, 1.82) is 0 Å². The maximum atomic E-state index is 12.6. The minimum absolute atomic E-state index is 0.0419. The summed E-state index contributed by atoms with van der Waals surface area (Å²) in [7, 11) is 0. The second-order valence-corrected chi connectivity index (χ2v) is 8.45. The molecule has 170 valence electrons. The van der Waals surface area contributed by atoms with Crippen molar-refractivity contribution >= 4 is 46.4 Å². The Morgan fingerprint density at radius 3 is 2.24 bits per heavy atom. The lowest BCUT2D eigenvalue weighted by Crippen LogP contribution is -2.48. The van der Waals surface area contributed by atoms with Gasteiger partial charge in [0, 0.05) is 42.5 Å². The van der Waals surface area contributed by atoms with Gasteiger partial charge in [-0.25, -0.2) is 0 Å². The van der Waals surface area contributed by atoms with Crippen LogP contribution in [0.15, 0.2) is 72.8 Å². The highest BCUT2D eigenvalue weighted by atomic mass is 35.5. The molecule has 1 N–H and O–H groups in total. The molecule has 3 aromatic carbocycles. The zero-order valence-corrected chi connectivity index (χ0v) is 19.4. The van der Waals surface area contributed by atoms with Crippen LogP contribution in [0, 0.1) is 0 Å². The highest BCUT2D eigenvalue weighted by molar-refractivity contribution is 6.33. The number of carbonyl (C=O) groups is 2. The van der Waals surface area contributed by atoms with Gasteiger partial charge in [0.2, 0.25) is 0 Å². The Balaban J connectivity index is 1.30. The number of benzene rings is 3. The lowest BCUT2D eigenvalue weighted by atomic mass is 10.1. The van der Waals surface area contributed by atoms with E-state index in [4.69, 9.17) is 27.9 Å². The first kappa shape index (κ1) is 23.0. The summed E-state index contributed by atoms with van der Waals surface area (Å²) in [5.41, 5.74) is 2.16. The van der Waals surface area contributed by atoms with Crippen LogP contribution >= 0.6 is 23.2 Å². The van der Waals surface area contributed by atoms with Crippen LogP contribution in [-0.2, 0) is 4.79 Å². The molecule has 1 heterocycles. The quantitative estimate of drug-likeness (QED) is 0.537. The smallest absolute Gasteiger partial charge is 0.262 e. The molecule has 8 heteroatoms. The molecule has 33 heavy (non-hydrogen) atoms. The number of amides is 2. The molecule has 0 spiro atoms. The Bertz CT molecular complexity index is 1120. The van der Waals surface area contributed by atoms with Crippen molar-refractivity contribution in [1.82, 2.24) is 4.90 Å². The van der Waals surface area contributed by atoms with E-state index in [1.807, 2.05) is 47.4 Å². The molecule has 6 nitrogen and oxygen atoms in total. The van der Waals surface area contributed by atoms with Gasteiger partial charge in [-0.2, -0.15) is 0 Å². The maximum Gasteiger partial charge on any atom is 0.262 e. The molecule has 0 unspecified atom stereocenters. The normalized spacial score (nSPS) is 13.5. The number of hydrogen-bond acceptors (Lipinski definition) is 4. The number of hydrogen-bond donors (Lipinski definition) is 1. The van der Waals surface area contributed by atoms with Gasteiger partial charge in [0.05, 0.1) is 10.7 Å². The second kappa shape index (κ2) is 10.6. The molecule has 1 saturated heterocycles. The lowest BCUT2D eigenvalue weighted by Gasteiger charge is -2.36. The lowest BCUT2D eigenvalue weighted by molar-refractivity contribution is -0.118. The zero-order valence-electron chi connectivity index (χ0n) is 17.8. The largest absolute Gasteiger partial charge is 0.484 e. The van der Waals surface area contributed by atoms with Gasteiger partial charge in [0.1, 0.15) is 5.75 Å². The first-order chi connectivity index (χ1) is 16.0. The Hall–Kier alpha value is -3.22. The third-order valence-electron chi connectivity index (χ3n) is 5.34. The van der Waals surface area contributed by atoms with Crippen LogP contribution in [0.5, 0.6) is 5.75 Å². The maximum absolute atomic E-state index is 12.6. The van der Waals surface area contributed by atoms with E-state index in [0.29, 0.717) is 53.2 Å². The number of rotatable bonds is 6. The van der Waals surface area contributed by atoms with E-state index in [1.54, 1.807) is 30.3 Å². The molecule has 2 amide bonds. The fourth-order valence-corrected chi connectivity index (χ4v) is 4.06. The Morgan fingerprint density at radius 2 is 1.58 bits per heavy atom. The van der Waals surface area contributed by atoms with E-state index in [0.717, 1.165) is 5.69 Å². The molecule has 4 rings (SSSR count). The average Bonchev–Trinajstić information content (AvgIpc) is 2.84. The summed E-state index contributed by atoms with van der Waals surface area (Å²) < 4.78 is 5.46. The van der Waals surface area contributed by atoms with Crippen molar-refractivity contribution in [2.24, 2.45) is 0 Å². The highest BCUT2D eigenvalue weighted by Gasteiger charge is 2.23. The van der Waals surface area contributed by atoms with Crippen LogP contribution in [0.4, 0.5) is 11.4 Å². The van der Waals surface area contributed by atoms with Gasteiger partial charge in [0.15, 0.2) is 6.61 Å². The molecule has 0 aliphatic carbocycles. The topological polar surface area (TPSA) is 61.9 Å². The van der Waals surface area contributed by atoms with Crippen molar-refractivity contribution in [2.75, 3.05) is 43.0 Å². The summed E-state index contributed by atoms with van der Waals surface area (Å²) in [4.78, 5) is 28.9. The van der Waals surface area contributed by atoms with Gasteiger partial charge >= 0.3 is 0 Å². The van der Waals surface area contributed by atoms with Crippen LogP contribution in [0.3, 0.4) is 0 Å².